The molecule has 2 amide bonds. The molecule has 0 atom stereocenters. The molecule has 0 fully saturated rings. The fraction of sp³-hybridized carbons (Fsp3) is 0.167. The van der Waals surface area contributed by atoms with Crippen LogP contribution < -0.4 is 25.6 Å². The van der Waals surface area contributed by atoms with E-state index in [-0.39, 0.29) is 29.8 Å². The highest BCUT2D eigenvalue weighted by atomic mass is 32.1. The average Bonchev–Trinajstić information content (AvgIpc) is 2.70. The van der Waals surface area contributed by atoms with Gasteiger partial charge in [-0.3, -0.25) is 35.9 Å². The average molecular weight is 418 g/mol. The molecule has 0 bridgehead atoms. The summed E-state index contributed by atoms with van der Waals surface area (Å²) in [6, 6.07) is 12.5. The van der Waals surface area contributed by atoms with Crippen molar-refractivity contribution in [3.8, 4) is 11.5 Å². The predicted molar refractivity (Wildman–Crippen MR) is 107 cm³/mol. The highest BCUT2D eigenvalue weighted by Gasteiger charge is 2.09. The molecular formula is C18H18N4O6S. The molecule has 11 heteroatoms. The largest absolute Gasteiger partial charge is 0.484 e. The van der Waals surface area contributed by atoms with E-state index < -0.39 is 16.7 Å². The number of hydrazine groups is 1. The fourth-order valence-corrected chi connectivity index (χ4v) is 2.12. The maximum Gasteiger partial charge on any atom is 0.276 e. The van der Waals surface area contributed by atoms with E-state index in [1.807, 2.05) is 19.1 Å². The lowest BCUT2D eigenvalue weighted by atomic mass is 10.2. The molecule has 0 aliphatic carbocycles. The number of amides is 2. The predicted octanol–water partition coefficient (Wildman–Crippen LogP) is 1.38. The minimum absolute atomic E-state index is 0.0886. The van der Waals surface area contributed by atoms with Crippen LogP contribution in [-0.4, -0.2) is 35.1 Å². The van der Waals surface area contributed by atoms with E-state index in [1.54, 1.807) is 12.1 Å². The molecule has 0 saturated heterocycles. The molecule has 0 unspecified atom stereocenters. The van der Waals surface area contributed by atoms with Gasteiger partial charge in [0, 0.05) is 12.1 Å². The molecule has 152 valence electrons. The highest BCUT2D eigenvalue weighted by Crippen LogP contribution is 2.17. The second-order valence-corrected chi connectivity index (χ2v) is 6.10. The number of carbonyl (C=O) groups excluding carboxylic acids is 2. The number of nitro groups is 1. The molecule has 0 aromatic heterocycles. The SMILES string of the molecule is Cc1ccc(OCC(=O)NNC(=S)NC(=O)COc2ccc([N+](=O)[O-])cc2)cc1. The van der Waals surface area contributed by atoms with E-state index in [0.717, 1.165) is 5.56 Å². The lowest BCUT2D eigenvalue weighted by Gasteiger charge is -2.12. The van der Waals surface area contributed by atoms with Crippen LogP contribution >= 0.6 is 12.2 Å². The summed E-state index contributed by atoms with van der Waals surface area (Å²) in [7, 11) is 0. The summed E-state index contributed by atoms with van der Waals surface area (Å²) in [4.78, 5) is 33.5. The molecule has 0 aliphatic rings. The second-order valence-electron chi connectivity index (χ2n) is 5.69. The van der Waals surface area contributed by atoms with Gasteiger partial charge in [-0.15, -0.1) is 0 Å². The van der Waals surface area contributed by atoms with Crippen LogP contribution in [0.2, 0.25) is 0 Å². The summed E-state index contributed by atoms with van der Waals surface area (Å²) in [5, 5.41) is 12.8. The number of hydrogen-bond acceptors (Lipinski definition) is 7. The molecule has 0 heterocycles. The topological polar surface area (TPSA) is 132 Å². The van der Waals surface area contributed by atoms with Crippen LogP contribution in [0.4, 0.5) is 5.69 Å². The number of benzene rings is 2. The van der Waals surface area contributed by atoms with Gasteiger partial charge < -0.3 is 9.47 Å². The summed E-state index contributed by atoms with van der Waals surface area (Å²) >= 11 is 4.89. The Labute approximate surface area is 171 Å². The number of hydrogen-bond donors (Lipinski definition) is 3. The molecule has 0 aliphatic heterocycles. The third-order valence-corrected chi connectivity index (χ3v) is 3.58. The Hall–Kier alpha value is -3.73. The third-order valence-electron chi connectivity index (χ3n) is 3.38. The van der Waals surface area contributed by atoms with Crippen LogP contribution in [-0.2, 0) is 9.59 Å². The number of nitrogens with one attached hydrogen (secondary N) is 3. The molecular weight excluding hydrogens is 400 g/mol. The summed E-state index contributed by atoms with van der Waals surface area (Å²) in [5.74, 6) is -0.244. The molecule has 0 spiro atoms. The zero-order chi connectivity index (χ0) is 21.2. The first-order valence-corrected chi connectivity index (χ1v) is 8.69. The van der Waals surface area contributed by atoms with Crippen LogP contribution in [0.25, 0.3) is 0 Å². The minimum Gasteiger partial charge on any atom is -0.484 e. The van der Waals surface area contributed by atoms with Crippen LogP contribution in [0.15, 0.2) is 48.5 Å². The molecule has 0 saturated carbocycles. The van der Waals surface area contributed by atoms with Crippen molar-refractivity contribution in [1.82, 2.24) is 16.2 Å². The summed E-state index contributed by atoms with van der Waals surface area (Å²) in [6.07, 6.45) is 0. The van der Waals surface area contributed by atoms with Gasteiger partial charge in [0.25, 0.3) is 17.5 Å². The fourth-order valence-electron chi connectivity index (χ4n) is 1.95. The van der Waals surface area contributed by atoms with Gasteiger partial charge in [-0.1, -0.05) is 17.7 Å². The highest BCUT2D eigenvalue weighted by molar-refractivity contribution is 7.80. The number of non-ortho nitro benzene ring substituents is 1. The van der Waals surface area contributed by atoms with E-state index >= 15 is 0 Å². The Morgan fingerprint density at radius 1 is 0.931 bits per heavy atom. The first-order valence-electron chi connectivity index (χ1n) is 8.29. The quantitative estimate of drug-likeness (QED) is 0.349. The third kappa shape index (κ3) is 7.81. The van der Waals surface area contributed by atoms with E-state index in [4.69, 9.17) is 21.7 Å². The van der Waals surface area contributed by atoms with Gasteiger partial charge in [0.1, 0.15) is 11.5 Å². The van der Waals surface area contributed by atoms with Crippen molar-refractivity contribution in [3.63, 3.8) is 0 Å². The maximum absolute atomic E-state index is 11.8. The minimum atomic E-state index is -0.578. The molecule has 3 N–H and O–H groups in total. The first kappa shape index (κ1) is 21.6. The van der Waals surface area contributed by atoms with Gasteiger partial charge in [0.2, 0.25) is 0 Å². The van der Waals surface area contributed by atoms with Gasteiger partial charge in [-0.25, -0.2) is 0 Å². The summed E-state index contributed by atoms with van der Waals surface area (Å²) < 4.78 is 10.5. The van der Waals surface area contributed by atoms with E-state index in [1.165, 1.54) is 24.3 Å². The van der Waals surface area contributed by atoms with Crippen molar-refractivity contribution in [2.24, 2.45) is 0 Å². The van der Waals surface area contributed by atoms with Crippen molar-refractivity contribution in [2.45, 2.75) is 6.92 Å². The maximum atomic E-state index is 11.8. The van der Waals surface area contributed by atoms with Crippen molar-refractivity contribution in [3.05, 3.63) is 64.2 Å². The Morgan fingerprint density at radius 2 is 1.45 bits per heavy atom. The molecule has 2 aromatic rings. The number of rotatable bonds is 7. The Bertz CT molecular complexity index is 886. The van der Waals surface area contributed by atoms with Crippen LogP contribution in [0.3, 0.4) is 0 Å². The van der Waals surface area contributed by atoms with E-state index in [9.17, 15) is 19.7 Å². The first-order chi connectivity index (χ1) is 13.8. The van der Waals surface area contributed by atoms with E-state index in [0.29, 0.717) is 5.75 Å². The number of nitrogens with zero attached hydrogens (tertiary/aromatic N) is 1. The molecule has 0 radical (unpaired) electrons. The van der Waals surface area contributed by atoms with Crippen LogP contribution in [0, 0.1) is 17.0 Å². The second kappa shape index (κ2) is 10.6. The Morgan fingerprint density at radius 3 is 2.00 bits per heavy atom. The summed E-state index contributed by atoms with van der Waals surface area (Å²) in [5.41, 5.74) is 5.63. The van der Waals surface area contributed by atoms with Gasteiger partial charge in [-0.05, 0) is 43.4 Å². The van der Waals surface area contributed by atoms with Crippen molar-refractivity contribution in [1.29, 1.82) is 0 Å². The number of nitro benzene ring substituents is 1. The zero-order valence-electron chi connectivity index (χ0n) is 15.3. The molecule has 2 aromatic carbocycles. The van der Waals surface area contributed by atoms with Crippen molar-refractivity contribution >= 4 is 34.8 Å². The smallest absolute Gasteiger partial charge is 0.276 e. The van der Waals surface area contributed by atoms with Gasteiger partial charge in [-0.2, -0.15) is 0 Å². The van der Waals surface area contributed by atoms with E-state index in [2.05, 4.69) is 16.2 Å². The number of ether oxygens (including phenoxy) is 2. The molecule has 2 rings (SSSR count). The van der Waals surface area contributed by atoms with Gasteiger partial charge in [0.15, 0.2) is 18.3 Å². The number of aryl methyl sites for hydroxylation is 1. The Kier molecular flexibility index (Phi) is 7.86. The normalized spacial score (nSPS) is 9.83. The van der Waals surface area contributed by atoms with Crippen LogP contribution in [0.1, 0.15) is 5.56 Å². The van der Waals surface area contributed by atoms with Crippen LogP contribution in [0.5, 0.6) is 11.5 Å². The van der Waals surface area contributed by atoms with Gasteiger partial charge >= 0.3 is 0 Å². The Balaban J connectivity index is 1.64. The summed E-state index contributed by atoms with van der Waals surface area (Å²) in [6.45, 7) is 1.33. The van der Waals surface area contributed by atoms with Crippen molar-refractivity contribution in [2.75, 3.05) is 13.2 Å². The lowest BCUT2D eigenvalue weighted by molar-refractivity contribution is -0.384. The van der Waals surface area contributed by atoms with Gasteiger partial charge in [0.05, 0.1) is 4.92 Å². The lowest BCUT2D eigenvalue weighted by Crippen LogP contribution is -2.50. The number of thiocarbonyl (C=S) groups is 1. The molecule has 10 nitrogen and oxygen atoms in total. The van der Waals surface area contributed by atoms with Crippen molar-refractivity contribution < 1.29 is 24.0 Å². The standard InChI is InChI=1S/C18H18N4O6S/c1-12-2-6-14(7-3-12)28-11-17(24)20-21-18(29)19-16(23)10-27-15-8-4-13(5-9-15)22(25)26/h2-9H,10-11H2,1H3,(H,20,24)(H2,19,21,23,29). The monoisotopic (exact) mass is 418 g/mol. The zero-order valence-corrected chi connectivity index (χ0v) is 16.2. The number of carbonyl (C=O) groups is 2. The molecule has 29 heavy (non-hydrogen) atoms.